The molecule has 3 heterocycles. The molecular formula is C31H24ClN3O7S2. The van der Waals surface area contributed by atoms with Crippen LogP contribution in [0.15, 0.2) is 82.6 Å². The molecule has 3 amide bonds. The third-order valence-electron chi connectivity index (χ3n) is 7.39. The van der Waals surface area contributed by atoms with Gasteiger partial charge in [0.1, 0.15) is 17.5 Å². The summed E-state index contributed by atoms with van der Waals surface area (Å²) in [5.41, 5.74) is 1.51. The lowest BCUT2D eigenvalue weighted by atomic mass is 9.82. The summed E-state index contributed by atoms with van der Waals surface area (Å²) in [7, 11) is 0. The van der Waals surface area contributed by atoms with Gasteiger partial charge in [-0.3, -0.25) is 23.7 Å². The summed E-state index contributed by atoms with van der Waals surface area (Å²) >= 11 is 7.99. The number of imide groups is 1. The number of para-hydroxylation sites is 1. The third-order valence-corrected chi connectivity index (χ3v) is 10.2. The van der Waals surface area contributed by atoms with Gasteiger partial charge in [0.05, 0.1) is 28.8 Å². The molecule has 10 nitrogen and oxygen atoms in total. The Balaban J connectivity index is 1.34. The standard InChI is InChI=1S/C31H24ClN3O7S2/c1-2-42-30(40)16-7-11-18(12-8-16)33-22(37)15-34-29-26(44-31(34)41)23(20-5-3-4-6-21(20)36)24-25(43-29)28(39)35(27(24)38)19-13-9-17(32)10-14-19/h3-14,23-25,36H,2,15H2,1H3,(H,33,37)/t23-,24?,25?/m0/s1. The van der Waals surface area contributed by atoms with Gasteiger partial charge in [-0.25, -0.2) is 9.69 Å². The van der Waals surface area contributed by atoms with Gasteiger partial charge in [-0.15, -0.1) is 0 Å². The van der Waals surface area contributed by atoms with Gasteiger partial charge in [0.15, 0.2) is 0 Å². The number of fused-ring (bicyclic) bond motifs is 2. The van der Waals surface area contributed by atoms with Gasteiger partial charge in [0.2, 0.25) is 17.7 Å². The number of ether oxygens (including phenoxy) is 1. The SMILES string of the molecule is CCOC(=O)c1ccc(NC(=O)Cn2c3c(sc2=O)[C@@H](c2ccccc2O)C2C(=O)N(c4ccc(Cl)cc4)C(=O)C2S3)cc1. The summed E-state index contributed by atoms with van der Waals surface area (Å²) in [6.07, 6.45) is 0. The summed E-state index contributed by atoms with van der Waals surface area (Å²) in [4.78, 5) is 67.3. The first kappa shape index (κ1) is 29.7. The Morgan fingerprint density at radius 1 is 0.977 bits per heavy atom. The van der Waals surface area contributed by atoms with Gasteiger partial charge in [0, 0.05) is 27.1 Å². The van der Waals surface area contributed by atoms with E-state index in [-0.39, 0.29) is 18.9 Å². The smallest absolute Gasteiger partial charge is 0.338 e. The van der Waals surface area contributed by atoms with E-state index in [1.165, 1.54) is 22.8 Å². The van der Waals surface area contributed by atoms with E-state index in [0.29, 0.717) is 37.4 Å². The molecule has 0 spiro atoms. The van der Waals surface area contributed by atoms with E-state index in [1.54, 1.807) is 61.5 Å². The minimum Gasteiger partial charge on any atom is -0.508 e. The fraction of sp³-hybridized carbons (Fsp3) is 0.194. The lowest BCUT2D eigenvalue weighted by Crippen LogP contribution is -2.33. The van der Waals surface area contributed by atoms with Crippen molar-refractivity contribution in [3.63, 3.8) is 0 Å². The second-order valence-electron chi connectivity index (χ2n) is 10.1. The topological polar surface area (TPSA) is 135 Å². The van der Waals surface area contributed by atoms with E-state index in [4.69, 9.17) is 16.3 Å². The highest BCUT2D eigenvalue weighted by Gasteiger charge is 2.57. The molecule has 0 bridgehead atoms. The van der Waals surface area contributed by atoms with Crippen molar-refractivity contribution in [3.05, 3.63) is 103 Å². The van der Waals surface area contributed by atoms with Gasteiger partial charge in [-0.1, -0.05) is 52.9 Å². The minimum atomic E-state index is -0.908. The van der Waals surface area contributed by atoms with Crippen LogP contribution in [0.25, 0.3) is 0 Å². The van der Waals surface area contributed by atoms with Crippen LogP contribution in [-0.2, 0) is 25.7 Å². The number of carbonyl (C=O) groups excluding carboxylic acids is 4. The lowest BCUT2D eigenvalue weighted by molar-refractivity contribution is -0.122. The van der Waals surface area contributed by atoms with Crippen molar-refractivity contribution in [1.29, 1.82) is 0 Å². The molecule has 6 rings (SSSR count). The number of nitrogens with zero attached hydrogens (tertiary/aromatic N) is 2. The van der Waals surface area contributed by atoms with Crippen LogP contribution in [0.4, 0.5) is 11.4 Å². The molecule has 224 valence electrons. The number of esters is 1. The van der Waals surface area contributed by atoms with E-state index in [2.05, 4.69) is 5.32 Å². The molecule has 13 heteroatoms. The van der Waals surface area contributed by atoms with E-state index in [9.17, 15) is 29.1 Å². The summed E-state index contributed by atoms with van der Waals surface area (Å²) in [5, 5.41) is 13.5. The molecule has 44 heavy (non-hydrogen) atoms. The van der Waals surface area contributed by atoms with Crippen molar-refractivity contribution in [2.45, 2.75) is 29.7 Å². The van der Waals surface area contributed by atoms with Crippen molar-refractivity contribution >= 4 is 69.8 Å². The Kier molecular flexibility index (Phi) is 8.06. The fourth-order valence-electron chi connectivity index (χ4n) is 5.43. The van der Waals surface area contributed by atoms with Crippen molar-refractivity contribution in [3.8, 4) is 5.75 Å². The average molecular weight is 650 g/mol. The molecule has 1 saturated heterocycles. The molecule has 2 aliphatic heterocycles. The molecule has 0 saturated carbocycles. The average Bonchev–Trinajstić information content (AvgIpc) is 3.45. The second-order valence-corrected chi connectivity index (χ2v) is 12.6. The van der Waals surface area contributed by atoms with Crippen molar-refractivity contribution in [1.82, 2.24) is 4.57 Å². The van der Waals surface area contributed by atoms with Crippen LogP contribution in [0.2, 0.25) is 5.02 Å². The van der Waals surface area contributed by atoms with Crippen LogP contribution in [-0.4, -0.2) is 45.2 Å². The monoisotopic (exact) mass is 649 g/mol. The first-order valence-corrected chi connectivity index (χ1v) is 15.6. The van der Waals surface area contributed by atoms with Gasteiger partial charge in [0.25, 0.3) is 0 Å². The lowest BCUT2D eigenvalue weighted by Gasteiger charge is -2.31. The van der Waals surface area contributed by atoms with Crippen LogP contribution >= 0.6 is 34.7 Å². The molecule has 2 unspecified atom stereocenters. The summed E-state index contributed by atoms with van der Waals surface area (Å²) in [6, 6.07) is 19.0. The number of aromatic nitrogens is 1. The van der Waals surface area contributed by atoms with Crippen molar-refractivity contribution in [2.24, 2.45) is 5.92 Å². The number of hydrogen-bond acceptors (Lipinski definition) is 9. The van der Waals surface area contributed by atoms with Crippen LogP contribution in [0.5, 0.6) is 5.75 Å². The Morgan fingerprint density at radius 3 is 2.36 bits per heavy atom. The quantitative estimate of drug-likeness (QED) is 0.214. The zero-order valence-corrected chi connectivity index (χ0v) is 25.4. The molecule has 1 fully saturated rings. The van der Waals surface area contributed by atoms with E-state index in [0.717, 1.165) is 28.0 Å². The Morgan fingerprint density at radius 2 is 1.68 bits per heavy atom. The Bertz CT molecular complexity index is 1850. The zero-order valence-electron chi connectivity index (χ0n) is 23.1. The molecule has 4 aromatic rings. The third kappa shape index (κ3) is 5.29. The first-order chi connectivity index (χ1) is 21.2. The Hall–Kier alpha value is -4.39. The number of thiazole rings is 1. The fourth-order valence-corrected chi connectivity index (χ4v) is 8.32. The van der Waals surface area contributed by atoms with Crippen LogP contribution in [0.3, 0.4) is 0 Å². The number of carbonyl (C=O) groups is 4. The molecule has 2 aliphatic rings. The molecule has 0 radical (unpaired) electrons. The number of aromatic hydroxyl groups is 1. The molecular weight excluding hydrogens is 626 g/mol. The Labute approximate surface area is 264 Å². The highest BCUT2D eigenvalue weighted by Crippen LogP contribution is 2.55. The number of amides is 3. The van der Waals surface area contributed by atoms with Crippen molar-refractivity contribution in [2.75, 3.05) is 16.8 Å². The number of phenols is 1. The van der Waals surface area contributed by atoms with E-state index >= 15 is 0 Å². The number of nitrogens with one attached hydrogen (secondary N) is 1. The number of thioether (sulfide) groups is 1. The molecule has 0 aliphatic carbocycles. The van der Waals surface area contributed by atoms with Crippen molar-refractivity contribution < 1.29 is 29.0 Å². The number of anilines is 2. The maximum atomic E-state index is 13.9. The molecule has 1 aromatic heterocycles. The highest BCUT2D eigenvalue weighted by molar-refractivity contribution is 8.00. The summed E-state index contributed by atoms with van der Waals surface area (Å²) in [6.45, 7) is 1.59. The van der Waals surface area contributed by atoms with Gasteiger partial charge in [-0.2, -0.15) is 0 Å². The maximum absolute atomic E-state index is 13.9. The number of phenolic OH excluding ortho intramolecular Hbond substituents is 1. The minimum absolute atomic E-state index is 0.0734. The van der Waals surface area contributed by atoms with Gasteiger partial charge in [-0.05, 0) is 61.5 Å². The van der Waals surface area contributed by atoms with Gasteiger partial charge >= 0.3 is 10.8 Å². The predicted molar refractivity (Wildman–Crippen MR) is 167 cm³/mol. The van der Waals surface area contributed by atoms with E-state index < -0.39 is 45.6 Å². The first-order valence-electron chi connectivity index (χ1n) is 13.6. The molecule has 2 N–H and O–H groups in total. The predicted octanol–water partition coefficient (Wildman–Crippen LogP) is 4.88. The van der Waals surface area contributed by atoms with Crippen LogP contribution in [0.1, 0.15) is 33.6 Å². The van der Waals surface area contributed by atoms with E-state index in [1.807, 2.05) is 0 Å². The second kappa shape index (κ2) is 11.9. The van der Waals surface area contributed by atoms with Crippen LogP contribution in [0, 0.1) is 5.92 Å². The molecule has 3 aromatic carbocycles. The number of hydrogen-bond donors (Lipinski definition) is 2. The molecule has 3 atom stereocenters. The number of benzene rings is 3. The summed E-state index contributed by atoms with van der Waals surface area (Å²) in [5.74, 6) is -3.68. The number of halogens is 1. The largest absolute Gasteiger partial charge is 0.508 e. The summed E-state index contributed by atoms with van der Waals surface area (Å²) < 4.78 is 6.27. The highest BCUT2D eigenvalue weighted by atomic mass is 35.5. The van der Waals surface area contributed by atoms with Crippen LogP contribution < -0.4 is 15.1 Å². The number of rotatable bonds is 7. The van der Waals surface area contributed by atoms with Gasteiger partial charge < -0.3 is 15.2 Å². The normalized spacial score (nSPS) is 19.0. The zero-order chi connectivity index (χ0) is 31.1. The maximum Gasteiger partial charge on any atom is 0.338 e.